The van der Waals surface area contributed by atoms with Crippen LogP contribution in [0, 0.1) is 6.92 Å². The third-order valence-electron chi connectivity index (χ3n) is 6.14. The number of rotatable bonds is 5. The summed E-state index contributed by atoms with van der Waals surface area (Å²) < 4.78 is 3.85. The van der Waals surface area contributed by atoms with Gasteiger partial charge in [-0.15, -0.1) is 0 Å². The normalized spacial score (nSPS) is 15.0. The standard InChI is InChI=1S/C26H23ClN4O/c1-17-12-13-20(30(17)2)15-23-26(32)31-16-24(18-8-4-3-5-9-18)28-22(25(31)29-23)14-19-10-6-7-11-21(19)27/h3-13,16,23H,14-15H2,1-2H3/p+1. The molecule has 0 spiro atoms. The van der Waals surface area contributed by atoms with Crippen LogP contribution in [0.1, 0.15) is 27.4 Å². The van der Waals surface area contributed by atoms with Crippen LogP contribution in [0.15, 0.2) is 72.9 Å². The highest BCUT2D eigenvalue weighted by atomic mass is 35.5. The number of nitrogens with zero attached hydrogens (tertiary/aromatic N) is 3. The van der Waals surface area contributed by atoms with Crippen molar-refractivity contribution in [2.45, 2.75) is 25.8 Å². The fourth-order valence-corrected chi connectivity index (χ4v) is 4.39. The van der Waals surface area contributed by atoms with Gasteiger partial charge in [0.2, 0.25) is 6.04 Å². The van der Waals surface area contributed by atoms with Crippen molar-refractivity contribution < 1.29 is 9.36 Å². The van der Waals surface area contributed by atoms with Crippen molar-refractivity contribution in [2.75, 3.05) is 5.32 Å². The molecule has 1 atom stereocenters. The van der Waals surface area contributed by atoms with Crippen molar-refractivity contribution in [1.82, 2.24) is 9.55 Å². The van der Waals surface area contributed by atoms with Crippen LogP contribution >= 0.6 is 11.6 Å². The predicted molar refractivity (Wildman–Crippen MR) is 126 cm³/mol. The Bertz CT molecular complexity index is 1310. The summed E-state index contributed by atoms with van der Waals surface area (Å²) in [7, 11) is 2.03. The summed E-state index contributed by atoms with van der Waals surface area (Å²) in [6.07, 6.45) is 2.98. The maximum atomic E-state index is 13.4. The summed E-state index contributed by atoms with van der Waals surface area (Å²) in [5.41, 5.74) is 5.80. The molecule has 0 radical (unpaired) electrons. The number of aromatic nitrogens is 3. The molecule has 2 aromatic heterocycles. The molecule has 0 aliphatic carbocycles. The van der Waals surface area contributed by atoms with E-state index in [1.165, 1.54) is 5.69 Å². The quantitative estimate of drug-likeness (QED) is 0.458. The number of halogens is 1. The lowest BCUT2D eigenvalue weighted by Crippen LogP contribution is -2.44. The van der Waals surface area contributed by atoms with Crippen molar-refractivity contribution in [3.05, 3.63) is 101 Å². The lowest BCUT2D eigenvalue weighted by atomic mass is 10.1. The fourth-order valence-electron chi connectivity index (χ4n) is 4.19. The first-order valence-corrected chi connectivity index (χ1v) is 11.1. The zero-order valence-corrected chi connectivity index (χ0v) is 18.8. The molecule has 2 aromatic carbocycles. The predicted octanol–water partition coefficient (Wildman–Crippen LogP) is 4.60. The first kappa shape index (κ1) is 20.5. The van der Waals surface area contributed by atoms with E-state index in [1.54, 1.807) is 4.57 Å². The van der Waals surface area contributed by atoms with Gasteiger partial charge in [-0.3, -0.25) is 5.32 Å². The average Bonchev–Trinajstić information content (AvgIpc) is 3.30. The molecular formula is C26H24ClN4O+. The van der Waals surface area contributed by atoms with Crippen LogP contribution in [-0.4, -0.2) is 21.5 Å². The molecule has 0 saturated heterocycles. The Morgan fingerprint density at radius 1 is 1.06 bits per heavy atom. The summed E-state index contributed by atoms with van der Waals surface area (Å²) in [4.78, 5) is 18.4. The minimum atomic E-state index is -0.346. The highest BCUT2D eigenvalue weighted by Gasteiger charge is 2.41. The molecule has 3 heterocycles. The molecule has 0 amide bonds. The van der Waals surface area contributed by atoms with E-state index in [1.807, 2.05) is 67.8 Å². The number of hydrogen-bond acceptors (Lipinski definition) is 3. The molecule has 1 aliphatic heterocycles. The van der Waals surface area contributed by atoms with Crippen molar-refractivity contribution in [3.8, 4) is 11.3 Å². The van der Waals surface area contributed by atoms with Gasteiger partial charge in [0.1, 0.15) is 17.6 Å². The molecule has 4 aromatic rings. The topological polar surface area (TPSA) is 50.8 Å². The van der Waals surface area contributed by atoms with Gasteiger partial charge in [0.25, 0.3) is 0 Å². The third kappa shape index (κ3) is 3.69. The van der Waals surface area contributed by atoms with Gasteiger partial charge in [-0.1, -0.05) is 60.1 Å². The summed E-state index contributed by atoms with van der Waals surface area (Å²) in [5, 5.41) is 4.14. The first-order chi connectivity index (χ1) is 15.5. The largest absolute Gasteiger partial charge is 0.359 e. The Balaban J connectivity index is 1.56. The van der Waals surface area contributed by atoms with Crippen molar-refractivity contribution >= 4 is 23.3 Å². The fraction of sp³-hybridized carbons (Fsp3) is 0.192. The molecule has 1 N–H and O–H groups in total. The monoisotopic (exact) mass is 443 g/mol. The highest BCUT2D eigenvalue weighted by Crippen LogP contribution is 2.27. The first-order valence-electron chi connectivity index (χ1n) is 10.7. The number of carbonyl (C=O) groups is 1. The van der Waals surface area contributed by atoms with E-state index in [4.69, 9.17) is 16.6 Å². The molecule has 5 rings (SSSR count). The van der Waals surface area contributed by atoms with Crippen LogP contribution in [0.5, 0.6) is 0 Å². The Hall–Kier alpha value is -3.44. The second-order valence-electron chi connectivity index (χ2n) is 8.19. The van der Waals surface area contributed by atoms with Crippen LogP contribution in [0.2, 0.25) is 5.02 Å². The molecule has 160 valence electrons. The number of carbonyl (C=O) groups excluding carboxylic acids is 1. The van der Waals surface area contributed by atoms with Crippen molar-refractivity contribution in [2.24, 2.45) is 7.05 Å². The number of hydrogen-bond donors (Lipinski definition) is 1. The minimum Gasteiger partial charge on any atom is -0.352 e. The van der Waals surface area contributed by atoms with Gasteiger partial charge >= 0.3 is 11.7 Å². The Kier molecular flexibility index (Phi) is 5.27. The number of anilines is 1. The summed E-state index contributed by atoms with van der Waals surface area (Å²) in [6, 6.07) is 21.5. The van der Waals surface area contributed by atoms with Gasteiger partial charge < -0.3 is 4.57 Å². The average molecular weight is 444 g/mol. The number of fused-ring (bicyclic) bond motifs is 1. The molecule has 0 fully saturated rings. The maximum Gasteiger partial charge on any atom is 0.359 e. The van der Waals surface area contributed by atoms with E-state index in [-0.39, 0.29) is 11.9 Å². The molecular weight excluding hydrogens is 420 g/mol. The second kappa shape index (κ2) is 8.24. The summed E-state index contributed by atoms with van der Waals surface area (Å²) >= 11 is 6.44. The lowest BCUT2D eigenvalue weighted by Gasteiger charge is -2.08. The van der Waals surface area contributed by atoms with E-state index < -0.39 is 0 Å². The molecule has 1 aliphatic rings. The van der Waals surface area contributed by atoms with Gasteiger partial charge in [-0.25, -0.2) is 9.78 Å². The SMILES string of the molecule is Cc1ccc(CC2Nc3c(Cc4ccccc4Cl)nc(-c4ccccc4)c[n+]3C2=O)n1C. The maximum absolute atomic E-state index is 13.4. The molecule has 0 bridgehead atoms. The Morgan fingerprint density at radius 2 is 1.81 bits per heavy atom. The number of aryl methyl sites for hydroxylation is 1. The van der Waals surface area contributed by atoms with E-state index in [2.05, 4.69) is 28.9 Å². The number of benzene rings is 2. The van der Waals surface area contributed by atoms with E-state index in [0.717, 1.165) is 34.0 Å². The second-order valence-corrected chi connectivity index (χ2v) is 8.60. The summed E-state index contributed by atoms with van der Waals surface area (Å²) in [5.74, 6) is 0.768. The molecule has 5 nitrogen and oxygen atoms in total. The van der Waals surface area contributed by atoms with E-state index >= 15 is 0 Å². The van der Waals surface area contributed by atoms with E-state index in [9.17, 15) is 4.79 Å². The molecule has 6 heteroatoms. The highest BCUT2D eigenvalue weighted by molar-refractivity contribution is 6.31. The summed E-state index contributed by atoms with van der Waals surface area (Å²) in [6.45, 7) is 2.06. The minimum absolute atomic E-state index is 0.0267. The zero-order chi connectivity index (χ0) is 22.2. The van der Waals surface area contributed by atoms with Gasteiger partial charge in [0.15, 0.2) is 0 Å². The Morgan fingerprint density at radius 3 is 2.53 bits per heavy atom. The van der Waals surface area contributed by atoms with Gasteiger partial charge in [-0.2, -0.15) is 4.57 Å². The van der Waals surface area contributed by atoms with Crippen molar-refractivity contribution in [3.63, 3.8) is 0 Å². The molecule has 1 unspecified atom stereocenters. The smallest absolute Gasteiger partial charge is 0.352 e. The van der Waals surface area contributed by atoms with Crippen LogP contribution in [0.25, 0.3) is 11.3 Å². The van der Waals surface area contributed by atoms with E-state index in [0.29, 0.717) is 17.9 Å². The van der Waals surface area contributed by atoms with Crippen LogP contribution in [0.4, 0.5) is 5.82 Å². The Labute approximate surface area is 192 Å². The van der Waals surface area contributed by atoms with Crippen molar-refractivity contribution in [1.29, 1.82) is 0 Å². The van der Waals surface area contributed by atoms with Crippen LogP contribution < -0.4 is 9.88 Å². The van der Waals surface area contributed by atoms with Gasteiger partial charge in [0.05, 0.1) is 0 Å². The van der Waals surface area contributed by atoms with Gasteiger partial charge in [0, 0.05) is 41.9 Å². The van der Waals surface area contributed by atoms with Crippen LogP contribution in [0.3, 0.4) is 0 Å². The molecule has 32 heavy (non-hydrogen) atoms. The zero-order valence-electron chi connectivity index (χ0n) is 18.0. The molecule has 0 saturated carbocycles. The lowest BCUT2D eigenvalue weighted by molar-refractivity contribution is -0.552. The number of nitrogens with one attached hydrogen (secondary N) is 1. The van der Waals surface area contributed by atoms with Gasteiger partial charge in [-0.05, 0) is 30.7 Å². The van der Waals surface area contributed by atoms with Crippen LogP contribution in [-0.2, 0) is 19.9 Å². The third-order valence-corrected chi connectivity index (χ3v) is 6.51.